The molecule has 3 nitrogen and oxygen atoms in total. The van der Waals surface area contributed by atoms with Crippen LogP contribution in [0.5, 0.6) is 0 Å². The summed E-state index contributed by atoms with van der Waals surface area (Å²) in [6.45, 7) is 0. The molecule has 0 amide bonds. The highest BCUT2D eigenvalue weighted by Crippen LogP contribution is 2.38. The molecule has 0 aliphatic heterocycles. The molecule has 0 radical (unpaired) electrons. The van der Waals surface area contributed by atoms with E-state index < -0.39 is 5.97 Å². The molecule has 1 saturated carbocycles. The van der Waals surface area contributed by atoms with E-state index in [4.69, 9.17) is 5.11 Å². The van der Waals surface area contributed by atoms with E-state index in [-0.39, 0.29) is 0 Å². The molecule has 100 valence electrons. The Morgan fingerprint density at radius 3 is 2.84 bits per heavy atom. The predicted molar refractivity (Wildman–Crippen MR) is 79.3 cm³/mol. The third kappa shape index (κ3) is 2.77. The van der Waals surface area contributed by atoms with Crippen LogP contribution in [0.4, 0.5) is 0 Å². The molecule has 19 heavy (non-hydrogen) atoms. The van der Waals surface area contributed by atoms with Gasteiger partial charge < -0.3 is 5.11 Å². The molecule has 0 bridgehead atoms. The van der Waals surface area contributed by atoms with E-state index in [1.165, 1.54) is 43.4 Å². The molecule has 2 heterocycles. The van der Waals surface area contributed by atoms with Gasteiger partial charge in [-0.05, 0) is 18.9 Å². The van der Waals surface area contributed by atoms with E-state index in [1.54, 1.807) is 12.3 Å². The van der Waals surface area contributed by atoms with Gasteiger partial charge in [0.25, 0.3) is 0 Å². The second-order valence-electron chi connectivity index (χ2n) is 4.84. The zero-order valence-corrected chi connectivity index (χ0v) is 12.1. The number of pyridine rings is 1. The minimum atomic E-state index is -0.852. The standard InChI is InChI=1S/C14H15NO2S2/c16-14(17)11-6-10-12(7-15-8-13(10)19-11)18-9-4-2-1-3-5-9/h6-9H,1-5H2,(H,16,17). The number of aromatic nitrogens is 1. The SMILES string of the molecule is O=C(O)c1cc2c(SC3CCCCC3)cncc2s1. The van der Waals surface area contributed by atoms with E-state index in [0.29, 0.717) is 10.1 Å². The molecular weight excluding hydrogens is 278 g/mol. The van der Waals surface area contributed by atoms with Gasteiger partial charge in [0.1, 0.15) is 4.88 Å². The van der Waals surface area contributed by atoms with Crippen molar-refractivity contribution in [3.63, 3.8) is 0 Å². The van der Waals surface area contributed by atoms with Crippen molar-refractivity contribution in [2.24, 2.45) is 0 Å². The summed E-state index contributed by atoms with van der Waals surface area (Å²) in [6.07, 6.45) is 10.1. The molecule has 3 rings (SSSR count). The van der Waals surface area contributed by atoms with Crippen molar-refractivity contribution >= 4 is 39.2 Å². The van der Waals surface area contributed by atoms with Gasteiger partial charge in [-0.1, -0.05) is 19.3 Å². The first kappa shape index (κ1) is 12.9. The fraction of sp³-hybridized carbons (Fsp3) is 0.429. The maximum absolute atomic E-state index is 11.1. The molecular formula is C14H15NO2S2. The molecule has 0 atom stereocenters. The van der Waals surface area contributed by atoms with E-state index in [1.807, 2.05) is 18.0 Å². The fourth-order valence-electron chi connectivity index (χ4n) is 2.50. The molecule has 2 aromatic rings. The zero-order valence-electron chi connectivity index (χ0n) is 10.5. The number of aromatic carboxylic acids is 1. The molecule has 2 aromatic heterocycles. The van der Waals surface area contributed by atoms with Crippen LogP contribution in [0.15, 0.2) is 23.4 Å². The highest BCUT2D eigenvalue weighted by atomic mass is 32.2. The molecule has 0 unspecified atom stereocenters. The topological polar surface area (TPSA) is 50.2 Å². The molecule has 1 fully saturated rings. The van der Waals surface area contributed by atoms with Gasteiger partial charge in [-0.3, -0.25) is 4.98 Å². The molecule has 0 aromatic carbocycles. The Kier molecular flexibility index (Phi) is 3.75. The number of thiophene rings is 1. The Morgan fingerprint density at radius 1 is 1.32 bits per heavy atom. The average Bonchev–Trinajstić information content (AvgIpc) is 2.85. The van der Waals surface area contributed by atoms with Crippen molar-refractivity contribution in [2.45, 2.75) is 42.2 Å². The summed E-state index contributed by atoms with van der Waals surface area (Å²) in [4.78, 5) is 16.8. The van der Waals surface area contributed by atoms with Gasteiger partial charge in [0.15, 0.2) is 0 Å². The Morgan fingerprint density at radius 2 is 2.11 bits per heavy atom. The third-order valence-electron chi connectivity index (χ3n) is 3.47. The van der Waals surface area contributed by atoms with E-state index in [2.05, 4.69) is 4.98 Å². The Bertz CT molecular complexity index is 603. The Balaban J connectivity index is 1.91. The summed E-state index contributed by atoms with van der Waals surface area (Å²) in [5.41, 5.74) is 0. The van der Waals surface area contributed by atoms with Crippen molar-refractivity contribution in [1.29, 1.82) is 0 Å². The highest BCUT2D eigenvalue weighted by Gasteiger charge is 2.17. The van der Waals surface area contributed by atoms with Crippen LogP contribution in [0.1, 0.15) is 41.8 Å². The van der Waals surface area contributed by atoms with Gasteiger partial charge in [0, 0.05) is 27.9 Å². The minimum Gasteiger partial charge on any atom is -0.477 e. The normalized spacial score (nSPS) is 16.8. The lowest BCUT2D eigenvalue weighted by atomic mass is 10.0. The van der Waals surface area contributed by atoms with E-state index in [0.717, 1.165) is 15.0 Å². The summed E-state index contributed by atoms with van der Waals surface area (Å²) >= 11 is 3.18. The number of hydrogen-bond donors (Lipinski definition) is 1. The highest BCUT2D eigenvalue weighted by molar-refractivity contribution is 8.00. The van der Waals surface area contributed by atoms with Gasteiger partial charge in [0.2, 0.25) is 0 Å². The van der Waals surface area contributed by atoms with Gasteiger partial charge in [-0.2, -0.15) is 0 Å². The minimum absolute atomic E-state index is 0.397. The summed E-state index contributed by atoms with van der Waals surface area (Å²) in [5, 5.41) is 10.8. The van der Waals surface area contributed by atoms with Crippen molar-refractivity contribution in [3.05, 3.63) is 23.3 Å². The van der Waals surface area contributed by atoms with Crippen LogP contribution in [-0.2, 0) is 0 Å². The molecule has 1 N–H and O–H groups in total. The number of carboxylic acid groups (broad SMARTS) is 1. The fourth-order valence-corrected chi connectivity index (χ4v) is 4.80. The van der Waals surface area contributed by atoms with E-state index >= 15 is 0 Å². The van der Waals surface area contributed by atoms with Crippen LogP contribution in [0, 0.1) is 0 Å². The first-order valence-electron chi connectivity index (χ1n) is 6.51. The summed E-state index contributed by atoms with van der Waals surface area (Å²) in [5.74, 6) is -0.852. The largest absolute Gasteiger partial charge is 0.477 e. The summed E-state index contributed by atoms with van der Waals surface area (Å²) in [6, 6.07) is 1.79. The number of thioether (sulfide) groups is 1. The van der Waals surface area contributed by atoms with Crippen LogP contribution in [-0.4, -0.2) is 21.3 Å². The molecule has 1 aliphatic rings. The van der Waals surface area contributed by atoms with Crippen LogP contribution in [0.2, 0.25) is 0 Å². The Labute approximate surface area is 120 Å². The first-order valence-corrected chi connectivity index (χ1v) is 8.21. The maximum Gasteiger partial charge on any atom is 0.345 e. The summed E-state index contributed by atoms with van der Waals surface area (Å²) in [7, 11) is 0. The predicted octanol–water partition coefficient (Wildman–Crippen LogP) is 4.42. The molecule has 1 aliphatic carbocycles. The van der Waals surface area contributed by atoms with Crippen LogP contribution >= 0.6 is 23.1 Å². The second kappa shape index (κ2) is 5.51. The quantitative estimate of drug-likeness (QED) is 0.910. The van der Waals surface area contributed by atoms with Gasteiger partial charge in [-0.15, -0.1) is 23.1 Å². The smallest absolute Gasteiger partial charge is 0.345 e. The van der Waals surface area contributed by atoms with Gasteiger partial charge >= 0.3 is 5.97 Å². The van der Waals surface area contributed by atoms with E-state index in [9.17, 15) is 4.79 Å². The number of rotatable bonds is 3. The van der Waals surface area contributed by atoms with Gasteiger partial charge in [0.05, 0.1) is 4.70 Å². The van der Waals surface area contributed by atoms with Crippen molar-refractivity contribution in [2.75, 3.05) is 0 Å². The van der Waals surface area contributed by atoms with Crippen LogP contribution in [0.3, 0.4) is 0 Å². The maximum atomic E-state index is 11.1. The summed E-state index contributed by atoms with van der Waals surface area (Å²) < 4.78 is 0.971. The number of hydrogen-bond acceptors (Lipinski definition) is 4. The molecule has 0 saturated heterocycles. The van der Waals surface area contributed by atoms with Crippen molar-refractivity contribution < 1.29 is 9.90 Å². The lowest BCUT2D eigenvalue weighted by Crippen LogP contribution is -2.07. The number of nitrogens with zero attached hydrogens (tertiary/aromatic N) is 1. The monoisotopic (exact) mass is 293 g/mol. The third-order valence-corrected chi connectivity index (χ3v) is 5.91. The van der Waals surface area contributed by atoms with Crippen molar-refractivity contribution in [1.82, 2.24) is 4.98 Å². The average molecular weight is 293 g/mol. The zero-order chi connectivity index (χ0) is 13.2. The Hall–Kier alpha value is -1.07. The van der Waals surface area contributed by atoms with Crippen molar-refractivity contribution in [3.8, 4) is 0 Å². The molecule has 5 heteroatoms. The lowest BCUT2D eigenvalue weighted by Gasteiger charge is -2.20. The first-order chi connectivity index (χ1) is 9.24. The lowest BCUT2D eigenvalue weighted by molar-refractivity contribution is 0.0702. The van der Waals surface area contributed by atoms with Gasteiger partial charge in [-0.25, -0.2) is 4.79 Å². The molecule has 0 spiro atoms. The number of carboxylic acids is 1. The number of fused-ring (bicyclic) bond motifs is 1. The van der Waals surface area contributed by atoms with Crippen LogP contribution < -0.4 is 0 Å². The number of carbonyl (C=O) groups is 1. The van der Waals surface area contributed by atoms with Crippen LogP contribution in [0.25, 0.3) is 10.1 Å². The second-order valence-corrected chi connectivity index (χ2v) is 7.27.